The van der Waals surface area contributed by atoms with Crippen LogP contribution in [0.3, 0.4) is 0 Å². The summed E-state index contributed by atoms with van der Waals surface area (Å²) in [5.41, 5.74) is 14.0. The van der Waals surface area contributed by atoms with Gasteiger partial charge in [0, 0.05) is 28.3 Å². The van der Waals surface area contributed by atoms with E-state index in [2.05, 4.69) is 169 Å². The summed E-state index contributed by atoms with van der Waals surface area (Å²) in [6.07, 6.45) is -0.118. The van der Waals surface area contributed by atoms with E-state index in [4.69, 9.17) is 5.10 Å². The van der Waals surface area contributed by atoms with Crippen LogP contribution in [0.2, 0.25) is 0 Å². The number of nitrogens with zero attached hydrogens (tertiary/aromatic N) is 3. The van der Waals surface area contributed by atoms with Crippen LogP contribution in [0.25, 0.3) is 0 Å². The van der Waals surface area contributed by atoms with Crippen LogP contribution in [-0.4, -0.2) is 5.84 Å². The molecule has 0 spiro atoms. The largest absolute Gasteiger partial charge is 0.310 e. The highest BCUT2D eigenvalue weighted by Crippen LogP contribution is 2.39. The number of anilines is 4. The SMILES string of the molecule is Cc1ccccc1.Cc1ccccc1N(c1ccc(C2NN=C(c3ccccc3)N2c2ccccc2)cc1)c1ccccc1C. The molecule has 0 aromatic heterocycles. The Morgan fingerprint density at radius 1 is 0.533 bits per heavy atom. The second kappa shape index (κ2) is 13.8. The summed E-state index contributed by atoms with van der Waals surface area (Å²) in [5.74, 6) is 0.910. The fourth-order valence-corrected chi connectivity index (χ4v) is 5.61. The number of hydrazone groups is 1. The Labute approximate surface area is 266 Å². The predicted octanol–water partition coefficient (Wildman–Crippen LogP) is 10.2. The highest BCUT2D eigenvalue weighted by atomic mass is 15.5. The molecule has 0 aliphatic carbocycles. The molecule has 222 valence electrons. The topological polar surface area (TPSA) is 30.9 Å². The van der Waals surface area contributed by atoms with Crippen molar-refractivity contribution in [3.8, 4) is 0 Å². The minimum absolute atomic E-state index is 0.118. The molecule has 0 radical (unpaired) electrons. The number of benzene rings is 6. The Hall–Kier alpha value is -5.61. The minimum Gasteiger partial charge on any atom is -0.310 e. The molecule has 1 aliphatic rings. The van der Waals surface area contributed by atoms with Gasteiger partial charge in [0.25, 0.3) is 0 Å². The molecule has 0 bridgehead atoms. The van der Waals surface area contributed by atoms with E-state index in [1.807, 2.05) is 30.3 Å². The molecule has 0 fully saturated rings. The third-order valence-corrected chi connectivity index (χ3v) is 7.97. The first-order valence-electron chi connectivity index (χ1n) is 15.4. The number of hydrogen-bond donors (Lipinski definition) is 1. The van der Waals surface area contributed by atoms with Gasteiger partial charge in [-0.25, -0.2) is 0 Å². The average Bonchev–Trinajstić information content (AvgIpc) is 3.54. The fraction of sp³-hybridized carbons (Fsp3) is 0.0976. The van der Waals surface area contributed by atoms with Gasteiger partial charge in [-0.15, -0.1) is 0 Å². The summed E-state index contributed by atoms with van der Waals surface area (Å²) in [5, 5.41) is 4.78. The van der Waals surface area contributed by atoms with E-state index in [1.54, 1.807) is 0 Å². The normalized spacial score (nSPS) is 13.7. The zero-order valence-electron chi connectivity index (χ0n) is 26.0. The molecular weight excluding hydrogens is 548 g/mol. The molecule has 4 nitrogen and oxygen atoms in total. The number of hydrogen-bond acceptors (Lipinski definition) is 4. The fourth-order valence-electron chi connectivity index (χ4n) is 5.61. The lowest BCUT2D eigenvalue weighted by atomic mass is 10.1. The van der Waals surface area contributed by atoms with Crippen LogP contribution in [-0.2, 0) is 0 Å². The summed E-state index contributed by atoms with van der Waals surface area (Å²) < 4.78 is 0. The van der Waals surface area contributed by atoms with Gasteiger partial charge in [-0.05, 0) is 73.9 Å². The van der Waals surface area contributed by atoms with Crippen LogP contribution >= 0.6 is 0 Å². The highest BCUT2D eigenvalue weighted by Gasteiger charge is 2.31. The minimum atomic E-state index is -0.118. The molecular formula is C41H38N4. The van der Waals surface area contributed by atoms with Crippen molar-refractivity contribution in [2.24, 2.45) is 5.10 Å². The van der Waals surface area contributed by atoms with Gasteiger partial charge in [0.15, 0.2) is 5.84 Å². The predicted molar refractivity (Wildman–Crippen MR) is 190 cm³/mol. The summed E-state index contributed by atoms with van der Waals surface area (Å²) in [7, 11) is 0. The van der Waals surface area contributed by atoms with E-state index in [-0.39, 0.29) is 6.17 Å². The molecule has 7 rings (SSSR count). The third kappa shape index (κ3) is 6.66. The lowest BCUT2D eigenvalue weighted by Crippen LogP contribution is -2.33. The zero-order valence-corrected chi connectivity index (χ0v) is 26.0. The molecule has 45 heavy (non-hydrogen) atoms. The van der Waals surface area contributed by atoms with Gasteiger partial charge < -0.3 is 4.90 Å². The Bertz CT molecular complexity index is 1800. The number of aryl methyl sites for hydroxylation is 3. The molecule has 1 heterocycles. The molecule has 4 heteroatoms. The first-order valence-corrected chi connectivity index (χ1v) is 15.4. The molecule has 1 atom stereocenters. The second-order valence-electron chi connectivity index (χ2n) is 11.2. The average molecular weight is 587 g/mol. The number of amidine groups is 1. The van der Waals surface area contributed by atoms with Gasteiger partial charge in [-0.2, -0.15) is 5.10 Å². The monoisotopic (exact) mass is 586 g/mol. The molecule has 1 unspecified atom stereocenters. The number of nitrogens with one attached hydrogen (secondary N) is 1. The molecule has 0 saturated heterocycles. The number of rotatable bonds is 6. The van der Waals surface area contributed by atoms with Gasteiger partial charge in [-0.3, -0.25) is 10.3 Å². The van der Waals surface area contributed by atoms with Crippen LogP contribution < -0.4 is 15.2 Å². The molecule has 1 N–H and O–H groups in total. The molecule has 6 aromatic rings. The van der Waals surface area contributed by atoms with E-state index < -0.39 is 0 Å². The summed E-state index contributed by atoms with van der Waals surface area (Å²) >= 11 is 0. The summed E-state index contributed by atoms with van der Waals surface area (Å²) in [6.45, 7) is 6.41. The third-order valence-electron chi connectivity index (χ3n) is 7.97. The molecule has 1 aliphatic heterocycles. The van der Waals surface area contributed by atoms with E-state index >= 15 is 0 Å². The van der Waals surface area contributed by atoms with Gasteiger partial charge >= 0.3 is 0 Å². The smallest absolute Gasteiger partial charge is 0.162 e. The Morgan fingerprint density at radius 2 is 1.02 bits per heavy atom. The second-order valence-corrected chi connectivity index (χ2v) is 11.2. The standard InChI is InChI=1S/C34H30N4.C7H8/c1-25-13-9-11-19-31(25)37(32-20-12-10-14-26(32)2)30-23-21-28(22-24-30)34-36-35-33(27-15-5-3-6-16-27)38(34)29-17-7-4-8-18-29;1-7-5-3-2-4-6-7/h3-24,34,36H,1-2H3;2-6H,1H3. The first-order chi connectivity index (χ1) is 22.1. The zero-order chi connectivity index (χ0) is 31.0. The van der Waals surface area contributed by atoms with Crippen LogP contribution in [0.15, 0.2) is 169 Å². The van der Waals surface area contributed by atoms with E-state index in [0.717, 1.165) is 28.3 Å². The number of para-hydroxylation sites is 3. The van der Waals surface area contributed by atoms with Gasteiger partial charge in [0.2, 0.25) is 0 Å². The van der Waals surface area contributed by atoms with E-state index in [1.165, 1.54) is 28.1 Å². The van der Waals surface area contributed by atoms with Crippen molar-refractivity contribution < 1.29 is 0 Å². The first kappa shape index (κ1) is 29.5. The van der Waals surface area contributed by atoms with Crippen molar-refractivity contribution >= 4 is 28.6 Å². The van der Waals surface area contributed by atoms with Gasteiger partial charge in [0.05, 0.1) is 0 Å². The Kier molecular flexibility index (Phi) is 9.03. The van der Waals surface area contributed by atoms with Crippen LogP contribution in [0, 0.1) is 20.8 Å². The van der Waals surface area contributed by atoms with E-state index in [0.29, 0.717) is 0 Å². The molecule has 0 saturated carbocycles. The quantitative estimate of drug-likeness (QED) is 0.211. The van der Waals surface area contributed by atoms with Crippen molar-refractivity contribution in [3.05, 3.63) is 192 Å². The van der Waals surface area contributed by atoms with Crippen LogP contribution in [0.4, 0.5) is 22.7 Å². The Balaban J connectivity index is 0.000000452. The van der Waals surface area contributed by atoms with Crippen molar-refractivity contribution in [2.45, 2.75) is 26.9 Å². The Morgan fingerprint density at radius 3 is 1.53 bits per heavy atom. The van der Waals surface area contributed by atoms with E-state index in [9.17, 15) is 0 Å². The maximum atomic E-state index is 4.78. The van der Waals surface area contributed by atoms with Crippen LogP contribution in [0.5, 0.6) is 0 Å². The van der Waals surface area contributed by atoms with Crippen molar-refractivity contribution in [1.29, 1.82) is 0 Å². The van der Waals surface area contributed by atoms with Gasteiger partial charge in [-0.1, -0.05) is 133 Å². The maximum Gasteiger partial charge on any atom is 0.162 e. The highest BCUT2D eigenvalue weighted by molar-refractivity contribution is 6.11. The molecule has 0 amide bonds. The van der Waals surface area contributed by atoms with Crippen molar-refractivity contribution in [2.75, 3.05) is 9.80 Å². The lowest BCUT2D eigenvalue weighted by Gasteiger charge is -2.30. The lowest BCUT2D eigenvalue weighted by molar-refractivity contribution is 0.617. The molecule has 6 aromatic carbocycles. The summed E-state index contributed by atoms with van der Waals surface area (Å²) in [4.78, 5) is 4.61. The van der Waals surface area contributed by atoms with Crippen molar-refractivity contribution in [3.63, 3.8) is 0 Å². The van der Waals surface area contributed by atoms with Gasteiger partial charge in [0.1, 0.15) is 6.17 Å². The maximum absolute atomic E-state index is 4.78. The van der Waals surface area contributed by atoms with Crippen LogP contribution in [0.1, 0.15) is 34.0 Å². The van der Waals surface area contributed by atoms with Crippen molar-refractivity contribution in [1.82, 2.24) is 5.43 Å². The summed E-state index contributed by atoms with van der Waals surface area (Å²) in [6, 6.07) is 56.9.